The molecule has 1 aliphatic rings. The van der Waals surface area contributed by atoms with Gasteiger partial charge in [0.1, 0.15) is 21.4 Å². The molecule has 3 rings (SSSR count). The second-order valence-corrected chi connectivity index (χ2v) is 7.75. The van der Waals surface area contributed by atoms with Gasteiger partial charge in [-0.1, -0.05) is 6.07 Å². The van der Waals surface area contributed by atoms with Crippen molar-refractivity contribution >= 4 is 21.3 Å². The Balaban J connectivity index is 1.90. The fourth-order valence-electron chi connectivity index (χ4n) is 2.83. The molecule has 2 aromatic rings. The minimum absolute atomic E-state index is 0.184. The normalized spacial score (nSPS) is 18.9. The number of imidazole rings is 1. The lowest BCUT2D eigenvalue weighted by Crippen LogP contribution is -2.25. The maximum Gasteiger partial charge on any atom is 0.352 e. The Morgan fingerprint density at radius 2 is 2.05 bits per heavy atom. The summed E-state index contributed by atoms with van der Waals surface area (Å²) in [7, 11) is -2.88. The first-order valence-electron chi connectivity index (χ1n) is 6.85. The summed E-state index contributed by atoms with van der Waals surface area (Å²) in [6, 6.07) is 5.05. The molecule has 112 valence electrons. The molecular formula is C14H16N2O4S. The van der Waals surface area contributed by atoms with E-state index in [4.69, 9.17) is 0 Å². The van der Waals surface area contributed by atoms with Crippen molar-refractivity contribution in [2.75, 3.05) is 11.5 Å². The van der Waals surface area contributed by atoms with Crippen molar-refractivity contribution in [1.82, 2.24) is 9.38 Å². The third-order valence-corrected chi connectivity index (χ3v) is 5.70. The van der Waals surface area contributed by atoms with Gasteiger partial charge in [0.2, 0.25) is 0 Å². The van der Waals surface area contributed by atoms with Crippen molar-refractivity contribution in [2.45, 2.75) is 19.3 Å². The van der Waals surface area contributed by atoms with Crippen LogP contribution in [-0.4, -0.2) is 40.4 Å². The third-order valence-electron chi connectivity index (χ3n) is 3.99. The van der Waals surface area contributed by atoms with E-state index in [0.717, 1.165) is 5.52 Å². The maximum atomic E-state index is 11.5. The van der Waals surface area contributed by atoms with Crippen molar-refractivity contribution in [3.8, 4) is 0 Å². The second-order valence-electron chi connectivity index (χ2n) is 5.45. The number of carboxylic acid groups (broad SMARTS) is 1. The van der Waals surface area contributed by atoms with Gasteiger partial charge in [0, 0.05) is 6.42 Å². The summed E-state index contributed by atoms with van der Waals surface area (Å²) in [5.74, 6) is 0.360. The Morgan fingerprint density at radius 1 is 1.33 bits per heavy atom. The Kier molecular flexibility index (Phi) is 3.44. The standard InChI is InChI=1S/C14H16N2O4S/c17-14(18)12-3-1-2-11-9-15-13(16(11)12)8-10-4-6-21(19,20)7-5-10/h1-3,9-10H,4-8H2,(H,17,18). The lowest BCUT2D eigenvalue weighted by molar-refractivity contribution is 0.0688. The molecule has 0 saturated carbocycles. The molecule has 7 heteroatoms. The summed E-state index contributed by atoms with van der Waals surface area (Å²) in [5.41, 5.74) is 0.928. The van der Waals surface area contributed by atoms with E-state index in [0.29, 0.717) is 25.1 Å². The molecule has 1 fully saturated rings. The average molecular weight is 308 g/mol. The number of hydrogen-bond donors (Lipinski definition) is 1. The van der Waals surface area contributed by atoms with E-state index in [1.165, 1.54) is 0 Å². The number of hydrogen-bond acceptors (Lipinski definition) is 4. The molecule has 0 bridgehead atoms. The maximum absolute atomic E-state index is 11.5. The van der Waals surface area contributed by atoms with Crippen molar-refractivity contribution in [2.24, 2.45) is 5.92 Å². The van der Waals surface area contributed by atoms with Crippen LogP contribution < -0.4 is 0 Å². The van der Waals surface area contributed by atoms with Crippen LogP contribution in [0, 0.1) is 5.92 Å². The van der Waals surface area contributed by atoms with E-state index in [1.807, 2.05) is 6.07 Å². The Morgan fingerprint density at radius 3 is 2.71 bits per heavy atom. The fraction of sp³-hybridized carbons (Fsp3) is 0.429. The molecule has 0 atom stereocenters. The number of sulfone groups is 1. The lowest BCUT2D eigenvalue weighted by Gasteiger charge is -2.21. The fourth-order valence-corrected chi connectivity index (χ4v) is 4.41. The molecule has 2 aromatic heterocycles. The van der Waals surface area contributed by atoms with Crippen molar-refractivity contribution < 1.29 is 18.3 Å². The third kappa shape index (κ3) is 2.78. The van der Waals surface area contributed by atoms with Gasteiger partial charge in [-0.3, -0.25) is 4.40 Å². The molecule has 1 aliphatic heterocycles. The van der Waals surface area contributed by atoms with Gasteiger partial charge in [0.15, 0.2) is 0 Å². The molecule has 6 nitrogen and oxygen atoms in total. The zero-order chi connectivity index (χ0) is 15.0. The highest BCUT2D eigenvalue weighted by atomic mass is 32.2. The van der Waals surface area contributed by atoms with Gasteiger partial charge in [-0.25, -0.2) is 18.2 Å². The first-order valence-corrected chi connectivity index (χ1v) is 8.67. The van der Waals surface area contributed by atoms with E-state index in [-0.39, 0.29) is 23.1 Å². The van der Waals surface area contributed by atoms with Gasteiger partial charge in [0.25, 0.3) is 0 Å². The summed E-state index contributed by atoms with van der Waals surface area (Å²) >= 11 is 0. The predicted octanol–water partition coefficient (Wildman–Crippen LogP) is 1.40. The van der Waals surface area contributed by atoms with Crippen molar-refractivity contribution in [3.05, 3.63) is 35.9 Å². The molecule has 0 aliphatic carbocycles. The lowest BCUT2D eigenvalue weighted by atomic mass is 9.98. The number of carbonyl (C=O) groups is 1. The molecular weight excluding hydrogens is 292 g/mol. The summed E-state index contributed by atoms with van der Waals surface area (Å²) < 4.78 is 24.6. The van der Waals surface area contributed by atoms with Crippen LogP contribution >= 0.6 is 0 Å². The highest BCUT2D eigenvalue weighted by molar-refractivity contribution is 7.91. The van der Waals surface area contributed by atoms with E-state index in [2.05, 4.69) is 4.98 Å². The van der Waals surface area contributed by atoms with Gasteiger partial charge in [-0.15, -0.1) is 0 Å². The summed E-state index contributed by atoms with van der Waals surface area (Å²) in [6.45, 7) is 0. The predicted molar refractivity (Wildman–Crippen MR) is 77.2 cm³/mol. The zero-order valence-corrected chi connectivity index (χ0v) is 12.2. The molecule has 3 heterocycles. The van der Waals surface area contributed by atoms with Crippen LogP contribution in [-0.2, 0) is 16.3 Å². The molecule has 0 spiro atoms. The highest BCUT2D eigenvalue weighted by Gasteiger charge is 2.25. The number of rotatable bonds is 3. The van der Waals surface area contributed by atoms with E-state index in [9.17, 15) is 18.3 Å². The number of fused-ring (bicyclic) bond motifs is 1. The van der Waals surface area contributed by atoms with E-state index >= 15 is 0 Å². The van der Waals surface area contributed by atoms with Crippen molar-refractivity contribution in [3.63, 3.8) is 0 Å². The van der Waals surface area contributed by atoms with Crippen LogP contribution in [0.4, 0.5) is 0 Å². The van der Waals surface area contributed by atoms with Crippen LogP contribution in [0.15, 0.2) is 24.4 Å². The Bertz CT molecular complexity index is 780. The van der Waals surface area contributed by atoms with Crippen LogP contribution in [0.2, 0.25) is 0 Å². The van der Waals surface area contributed by atoms with E-state index < -0.39 is 15.8 Å². The topological polar surface area (TPSA) is 88.7 Å². The second kappa shape index (κ2) is 5.14. The summed E-state index contributed by atoms with van der Waals surface area (Å²) in [6.07, 6.45) is 3.49. The van der Waals surface area contributed by atoms with Gasteiger partial charge in [0.05, 0.1) is 23.2 Å². The van der Waals surface area contributed by atoms with Crippen LogP contribution in [0.1, 0.15) is 29.2 Å². The van der Waals surface area contributed by atoms with Gasteiger partial charge < -0.3 is 5.11 Å². The number of pyridine rings is 1. The number of aromatic carboxylic acids is 1. The molecule has 0 aromatic carbocycles. The quantitative estimate of drug-likeness (QED) is 0.926. The summed E-state index contributed by atoms with van der Waals surface area (Å²) in [5, 5.41) is 9.27. The average Bonchev–Trinajstić information content (AvgIpc) is 2.84. The SMILES string of the molecule is O=C(O)c1cccc2cnc(CC3CCS(=O)(=O)CC3)n12. The smallest absolute Gasteiger partial charge is 0.352 e. The number of aromatic nitrogens is 2. The molecule has 21 heavy (non-hydrogen) atoms. The van der Waals surface area contributed by atoms with Crippen LogP contribution in [0.25, 0.3) is 5.52 Å². The minimum Gasteiger partial charge on any atom is -0.477 e. The minimum atomic E-state index is -2.88. The highest BCUT2D eigenvalue weighted by Crippen LogP contribution is 2.23. The Labute approximate surface area is 122 Å². The zero-order valence-electron chi connectivity index (χ0n) is 11.4. The molecule has 0 amide bonds. The van der Waals surface area contributed by atoms with E-state index in [1.54, 1.807) is 22.7 Å². The Hall–Kier alpha value is -1.89. The first-order chi connectivity index (χ1) is 9.96. The van der Waals surface area contributed by atoms with Crippen molar-refractivity contribution in [1.29, 1.82) is 0 Å². The largest absolute Gasteiger partial charge is 0.477 e. The molecule has 1 N–H and O–H groups in total. The number of carboxylic acids is 1. The summed E-state index contributed by atoms with van der Waals surface area (Å²) in [4.78, 5) is 15.6. The molecule has 0 radical (unpaired) electrons. The molecule has 1 saturated heterocycles. The first kappa shape index (κ1) is 14.1. The monoisotopic (exact) mass is 308 g/mol. The van der Waals surface area contributed by atoms with Gasteiger partial charge in [-0.2, -0.15) is 0 Å². The van der Waals surface area contributed by atoms with Crippen LogP contribution in [0.5, 0.6) is 0 Å². The van der Waals surface area contributed by atoms with Gasteiger partial charge >= 0.3 is 5.97 Å². The number of nitrogens with zero attached hydrogens (tertiary/aromatic N) is 2. The van der Waals surface area contributed by atoms with Crippen LogP contribution in [0.3, 0.4) is 0 Å². The molecule has 0 unspecified atom stereocenters. The van der Waals surface area contributed by atoms with Gasteiger partial charge in [-0.05, 0) is 30.9 Å².